The Bertz CT molecular complexity index is 1500. The first-order valence-corrected chi connectivity index (χ1v) is 12.8. The van der Waals surface area contributed by atoms with Crippen LogP contribution in [-0.4, -0.2) is 24.0 Å². The second kappa shape index (κ2) is 10.1. The van der Waals surface area contributed by atoms with Crippen LogP contribution in [0.3, 0.4) is 0 Å². The van der Waals surface area contributed by atoms with Crippen molar-refractivity contribution in [3.05, 3.63) is 102 Å². The summed E-state index contributed by atoms with van der Waals surface area (Å²) in [7, 11) is -3.28. The van der Waals surface area contributed by atoms with E-state index in [9.17, 15) is 18.1 Å². The van der Waals surface area contributed by atoms with Gasteiger partial charge in [0.15, 0.2) is 9.84 Å². The highest BCUT2D eigenvalue weighted by molar-refractivity contribution is 7.91. The van der Waals surface area contributed by atoms with Crippen molar-refractivity contribution < 1.29 is 12.8 Å². The smallest absolute Gasteiger partial charge is 0.178 e. The van der Waals surface area contributed by atoms with Gasteiger partial charge in [-0.2, -0.15) is 10.4 Å². The number of sulfone groups is 1. The number of nitrogens with one attached hydrogen (secondary N) is 1. The van der Waals surface area contributed by atoms with Crippen molar-refractivity contribution in [2.45, 2.75) is 30.8 Å². The second-order valence-electron chi connectivity index (χ2n) is 8.21. The van der Waals surface area contributed by atoms with Gasteiger partial charge in [-0.05, 0) is 47.0 Å². The summed E-state index contributed by atoms with van der Waals surface area (Å²) in [6, 6.07) is 20.9. The molecule has 0 amide bonds. The largest absolute Gasteiger partial charge is 0.377 e. The molecule has 4 rings (SSSR count). The summed E-state index contributed by atoms with van der Waals surface area (Å²) in [6.45, 7) is 6.28. The van der Waals surface area contributed by atoms with Gasteiger partial charge in [0, 0.05) is 11.1 Å². The van der Waals surface area contributed by atoms with Crippen LogP contribution >= 0.6 is 0 Å². The summed E-state index contributed by atoms with van der Waals surface area (Å²) >= 11 is 0. The van der Waals surface area contributed by atoms with E-state index >= 15 is 0 Å². The minimum atomic E-state index is -3.28. The number of benzene rings is 3. The normalized spacial score (nSPS) is 12.3. The van der Waals surface area contributed by atoms with Gasteiger partial charge in [0.2, 0.25) is 0 Å². The lowest BCUT2D eigenvalue weighted by molar-refractivity contribution is 0.597. The molecule has 1 heterocycles. The lowest BCUT2D eigenvalue weighted by atomic mass is 10.0. The highest BCUT2D eigenvalue weighted by atomic mass is 32.2. The molecule has 0 fully saturated rings. The Morgan fingerprint density at radius 3 is 2.51 bits per heavy atom. The van der Waals surface area contributed by atoms with Crippen molar-refractivity contribution in [2.24, 2.45) is 0 Å². The standard InChI is InChI=1S/C27H25FN4O2S/c1-3-35(33,34)25-11-8-22(9-12-25)26(14-15-29)31-19(2)21-6-4-20(5-7-21)18-32-27-13-10-24(28)16-23(27)17-30-32/h4-13,16-17,26,31H,2-3,14,18H2,1H3/t26-/m0/s1. The predicted molar refractivity (Wildman–Crippen MR) is 135 cm³/mol. The average molecular weight is 489 g/mol. The maximum atomic E-state index is 13.4. The quantitative estimate of drug-likeness (QED) is 0.348. The van der Waals surface area contributed by atoms with Crippen LogP contribution in [0.2, 0.25) is 0 Å². The van der Waals surface area contributed by atoms with Crippen LogP contribution in [0, 0.1) is 17.1 Å². The lowest BCUT2D eigenvalue weighted by Crippen LogP contribution is -2.19. The van der Waals surface area contributed by atoms with Crippen LogP contribution in [-0.2, 0) is 16.4 Å². The fourth-order valence-electron chi connectivity index (χ4n) is 3.88. The Hall–Kier alpha value is -3.96. The first-order chi connectivity index (χ1) is 16.8. The molecule has 0 saturated carbocycles. The highest BCUT2D eigenvalue weighted by Crippen LogP contribution is 2.24. The second-order valence-corrected chi connectivity index (χ2v) is 10.5. The molecular formula is C27H25FN4O2S. The Morgan fingerprint density at radius 1 is 1.14 bits per heavy atom. The molecule has 0 radical (unpaired) electrons. The zero-order chi connectivity index (χ0) is 25.0. The predicted octanol–water partition coefficient (Wildman–Crippen LogP) is 5.23. The fraction of sp³-hybridized carbons (Fsp3) is 0.185. The van der Waals surface area contributed by atoms with E-state index in [1.165, 1.54) is 12.1 Å². The molecule has 6 nitrogen and oxygen atoms in total. The van der Waals surface area contributed by atoms with E-state index in [0.717, 1.165) is 27.6 Å². The summed E-state index contributed by atoms with van der Waals surface area (Å²) in [6.07, 6.45) is 1.85. The molecule has 1 N–H and O–H groups in total. The average Bonchev–Trinajstić information content (AvgIpc) is 3.25. The fourth-order valence-corrected chi connectivity index (χ4v) is 4.76. The third kappa shape index (κ3) is 5.42. The van der Waals surface area contributed by atoms with Crippen molar-refractivity contribution in [1.82, 2.24) is 15.1 Å². The van der Waals surface area contributed by atoms with Gasteiger partial charge in [0.25, 0.3) is 0 Å². The lowest BCUT2D eigenvalue weighted by Gasteiger charge is -2.20. The van der Waals surface area contributed by atoms with E-state index in [4.69, 9.17) is 0 Å². The monoisotopic (exact) mass is 488 g/mol. The molecule has 178 valence electrons. The molecule has 0 aliphatic rings. The van der Waals surface area contributed by atoms with Crippen LogP contribution in [0.15, 0.2) is 84.4 Å². The van der Waals surface area contributed by atoms with Gasteiger partial charge in [0.1, 0.15) is 5.82 Å². The zero-order valence-corrected chi connectivity index (χ0v) is 20.1. The molecule has 4 aromatic rings. The van der Waals surface area contributed by atoms with Crippen molar-refractivity contribution in [2.75, 3.05) is 5.75 Å². The van der Waals surface area contributed by atoms with E-state index in [1.807, 2.05) is 28.9 Å². The van der Waals surface area contributed by atoms with Crippen molar-refractivity contribution >= 4 is 26.4 Å². The van der Waals surface area contributed by atoms with Gasteiger partial charge < -0.3 is 5.32 Å². The van der Waals surface area contributed by atoms with E-state index in [1.54, 1.807) is 43.5 Å². The number of nitriles is 1. The van der Waals surface area contributed by atoms with E-state index in [-0.39, 0.29) is 28.9 Å². The summed E-state index contributed by atoms with van der Waals surface area (Å²) in [4.78, 5) is 0.268. The van der Waals surface area contributed by atoms with E-state index in [2.05, 4.69) is 23.1 Å². The Morgan fingerprint density at radius 2 is 1.86 bits per heavy atom. The topological polar surface area (TPSA) is 87.8 Å². The molecular weight excluding hydrogens is 463 g/mol. The summed E-state index contributed by atoms with van der Waals surface area (Å²) in [5.74, 6) is -0.252. The molecule has 0 bridgehead atoms. The third-order valence-corrected chi connectivity index (χ3v) is 7.65. The van der Waals surface area contributed by atoms with Gasteiger partial charge in [0.05, 0.1) is 47.4 Å². The number of hydrogen-bond donors (Lipinski definition) is 1. The Balaban J connectivity index is 1.46. The van der Waals surface area contributed by atoms with Crippen LogP contribution in [0.5, 0.6) is 0 Å². The van der Waals surface area contributed by atoms with Gasteiger partial charge in [-0.25, -0.2) is 12.8 Å². The minimum Gasteiger partial charge on any atom is -0.377 e. The molecule has 1 aromatic heterocycles. The highest BCUT2D eigenvalue weighted by Gasteiger charge is 2.16. The maximum Gasteiger partial charge on any atom is 0.178 e. The zero-order valence-electron chi connectivity index (χ0n) is 19.3. The van der Waals surface area contributed by atoms with E-state index in [0.29, 0.717) is 12.2 Å². The number of rotatable bonds is 9. The first kappa shape index (κ1) is 24.2. The van der Waals surface area contributed by atoms with Gasteiger partial charge >= 0.3 is 0 Å². The molecule has 0 unspecified atom stereocenters. The number of aromatic nitrogens is 2. The van der Waals surface area contributed by atoms with Gasteiger partial charge in [-0.1, -0.05) is 49.9 Å². The summed E-state index contributed by atoms with van der Waals surface area (Å²) in [5.41, 5.74) is 4.22. The number of hydrogen-bond acceptors (Lipinski definition) is 5. The van der Waals surface area contributed by atoms with Crippen molar-refractivity contribution in [1.29, 1.82) is 5.26 Å². The van der Waals surface area contributed by atoms with Crippen molar-refractivity contribution in [3.63, 3.8) is 0 Å². The summed E-state index contributed by atoms with van der Waals surface area (Å²) < 4.78 is 39.4. The third-order valence-electron chi connectivity index (χ3n) is 5.90. The molecule has 8 heteroatoms. The molecule has 35 heavy (non-hydrogen) atoms. The number of halogens is 1. The number of fused-ring (bicyclic) bond motifs is 1. The molecule has 0 saturated heterocycles. The molecule has 0 aliphatic heterocycles. The number of nitrogens with zero attached hydrogens (tertiary/aromatic N) is 3. The maximum absolute atomic E-state index is 13.4. The van der Waals surface area contributed by atoms with Gasteiger partial charge in [-0.3, -0.25) is 4.68 Å². The summed E-state index contributed by atoms with van der Waals surface area (Å²) in [5, 5.41) is 17.7. The van der Waals surface area contributed by atoms with Crippen LogP contribution in [0.25, 0.3) is 16.6 Å². The Labute approximate surface area is 204 Å². The molecule has 1 atom stereocenters. The SMILES string of the molecule is C=C(N[C@@H](CC#N)c1ccc(S(=O)(=O)CC)cc1)c1ccc(Cn2ncc3cc(F)ccc32)cc1. The van der Waals surface area contributed by atoms with Crippen LogP contribution < -0.4 is 5.32 Å². The molecule has 0 aliphatic carbocycles. The van der Waals surface area contributed by atoms with Crippen LogP contribution in [0.4, 0.5) is 4.39 Å². The van der Waals surface area contributed by atoms with Crippen molar-refractivity contribution in [3.8, 4) is 6.07 Å². The first-order valence-electron chi connectivity index (χ1n) is 11.2. The van der Waals surface area contributed by atoms with Crippen LogP contribution in [0.1, 0.15) is 36.1 Å². The minimum absolute atomic E-state index is 0.0359. The molecule has 3 aromatic carbocycles. The molecule has 0 spiro atoms. The van der Waals surface area contributed by atoms with E-state index < -0.39 is 9.84 Å². The Kier molecular flexibility index (Phi) is 6.99. The van der Waals surface area contributed by atoms with Gasteiger partial charge in [-0.15, -0.1) is 0 Å².